The molecule has 0 radical (unpaired) electrons. The highest BCUT2D eigenvalue weighted by atomic mass is 16.8. The van der Waals surface area contributed by atoms with E-state index in [9.17, 15) is 28.8 Å². The molecule has 21 nitrogen and oxygen atoms in total. The minimum absolute atomic E-state index is 0.00611. The van der Waals surface area contributed by atoms with Crippen LogP contribution in [0, 0.1) is 0 Å². The van der Waals surface area contributed by atoms with Crippen molar-refractivity contribution in [3.8, 4) is 11.5 Å². The van der Waals surface area contributed by atoms with Crippen molar-refractivity contribution >= 4 is 41.8 Å². The van der Waals surface area contributed by atoms with E-state index in [0.717, 1.165) is 0 Å². The Labute approximate surface area is 546 Å². The third kappa shape index (κ3) is 16.1. The molecule has 95 heavy (non-hydrogen) atoms. The molecule has 0 aromatic heterocycles. The highest BCUT2D eigenvalue weighted by Crippen LogP contribution is 2.40. The maximum atomic E-state index is 15.0. The highest BCUT2D eigenvalue weighted by molar-refractivity contribution is 5.93. The quantitative estimate of drug-likeness (QED) is 0.0479. The first-order valence-electron chi connectivity index (χ1n) is 30.6. The van der Waals surface area contributed by atoms with Crippen molar-refractivity contribution in [2.24, 2.45) is 0 Å². The Morgan fingerprint density at radius 3 is 0.737 bits per heavy atom. The highest BCUT2D eigenvalue weighted by Gasteiger charge is 2.60. The van der Waals surface area contributed by atoms with Gasteiger partial charge in [0.05, 0.1) is 64.4 Å². The van der Waals surface area contributed by atoms with Crippen molar-refractivity contribution in [2.45, 2.75) is 113 Å². The Morgan fingerprint density at radius 1 is 0.253 bits per heavy atom. The fourth-order valence-electron chi connectivity index (χ4n) is 11.0. The molecular formula is C74H66O21. The van der Waals surface area contributed by atoms with Crippen LogP contribution >= 0.6 is 0 Å². The second-order valence-corrected chi connectivity index (χ2v) is 22.3. The summed E-state index contributed by atoms with van der Waals surface area (Å²) in [6.07, 6.45) is -25.0. The monoisotopic (exact) mass is 1290 g/mol. The largest absolute Gasteiger partial charge is 0.497 e. The summed E-state index contributed by atoms with van der Waals surface area (Å²) in [6, 6.07) is 61.8. The molecule has 0 spiro atoms. The fourth-order valence-corrected chi connectivity index (χ4v) is 11.0. The van der Waals surface area contributed by atoms with E-state index < -0.39 is 134 Å². The van der Waals surface area contributed by atoms with Gasteiger partial charge in [-0.25, -0.2) is 33.6 Å². The molecule has 0 saturated carbocycles. The van der Waals surface area contributed by atoms with Crippen molar-refractivity contribution in [3.05, 3.63) is 276 Å². The van der Waals surface area contributed by atoms with Crippen molar-refractivity contribution in [2.75, 3.05) is 7.11 Å². The van der Waals surface area contributed by atoms with Gasteiger partial charge in [0.2, 0.25) is 6.29 Å². The zero-order valence-electron chi connectivity index (χ0n) is 51.8. The Morgan fingerprint density at radius 2 is 0.463 bits per heavy atom. The summed E-state index contributed by atoms with van der Waals surface area (Å²) in [7, 11) is 1.49. The molecule has 8 aromatic carbocycles. The van der Waals surface area contributed by atoms with Crippen LogP contribution in [-0.2, 0) is 56.8 Å². The Hall–Kier alpha value is -10.6. The smallest absolute Gasteiger partial charge is 0.338 e. The maximum Gasteiger partial charge on any atom is 0.338 e. The van der Waals surface area contributed by atoms with E-state index in [-0.39, 0.29) is 44.7 Å². The van der Waals surface area contributed by atoms with Gasteiger partial charge >= 0.3 is 41.8 Å². The Kier molecular flexibility index (Phi) is 21.5. The number of hydrogen-bond donors (Lipinski definition) is 0. The van der Waals surface area contributed by atoms with Crippen molar-refractivity contribution in [3.63, 3.8) is 0 Å². The topological polar surface area (TPSA) is 249 Å². The second-order valence-electron chi connectivity index (χ2n) is 22.3. The number of rotatable bonds is 21. The zero-order valence-corrected chi connectivity index (χ0v) is 51.8. The number of esters is 7. The summed E-state index contributed by atoms with van der Waals surface area (Å²) in [5.41, 5.74) is 0.496. The molecule has 0 N–H and O–H groups in total. The summed E-state index contributed by atoms with van der Waals surface area (Å²) >= 11 is 0. The molecule has 3 fully saturated rings. The minimum Gasteiger partial charge on any atom is -0.497 e. The van der Waals surface area contributed by atoms with Crippen LogP contribution in [0.15, 0.2) is 237 Å². The van der Waals surface area contributed by atoms with Gasteiger partial charge in [-0.3, -0.25) is 0 Å². The maximum absolute atomic E-state index is 15.0. The number of hydrogen-bond acceptors (Lipinski definition) is 21. The molecule has 15 atom stereocenters. The van der Waals surface area contributed by atoms with Gasteiger partial charge in [-0.2, -0.15) is 0 Å². The molecule has 21 heteroatoms. The van der Waals surface area contributed by atoms with Gasteiger partial charge in [0, 0.05) is 0 Å². The lowest BCUT2D eigenvalue weighted by atomic mass is 9.95. The molecule has 3 saturated heterocycles. The van der Waals surface area contributed by atoms with Gasteiger partial charge in [0.15, 0.2) is 55.3 Å². The van der Waals surface area contributed by atoms with Gasteiger partial charge in [-0.1, -0.05) is 127 Å². The first-order valence-corrected chi connectivity index (χ1v) is 30.6. The van der Waals surface area contributed by atoms with Crippen LogP contribution in [0.5, 0.6) is 11.5 Å². The van der Waals surface area contributed by atoms with E-state index >= 15 is 4.79 Å². The van der Waals surface area contributed by atoms with Crippen molar-refractivity contribution < 1.29 is 99.9 Å². The standard InChI is InChI=1S/C74H66O21/c1-44-56(87-65(75)47-26-12-5-13-27-47)59(90-68(78)50-32-18-8-19-33-50)62(91-69(79)51-34-20-9-21-35-51)73(84-44)95-61-58(89-67(77)49-30-16-7-17-31-49)46(3)85-74(64(61)93-71(81)53-38-24-11-25-39-53)94-60-57(88-66(76)48-28-14-6-15-29-48)45(2)83-72(86-55-42-40-54(82-4)41-43-55)63(60)92-70(80)52-36-22-10-23-37-52/h5-46,56-64,72-74H,1-4H3/t44-,45-,46-,56-,57-,58-,59+,60+,61+,62+,63+,64+,72-,73-,74-/m1/s1. The molecule has 488 valence electrons. The summed E-state index contributed by atoms with van der Waals surface area (Å²) in [5.74, 6) is -5.73. The number of benzene rings is 8. The number of carbonyl (C=O) groups excluding carboxylic acids is 7. The Balaban J connectivity index is 1.06. The first-order chi connectivity index (χ1) is 46.2. The van der Waals surface area contributed by atoms with Gasteiger partial charge in [-0.15, -0.1) is 0 Å². The number of carbonyl (C=O) groups is 7. The van der Waals surface area contributed by atoms with Gasteiger partial charge in [-0.05, 0) is 130 Å². The average molecular weight is 1290 g/mol. The van der Waals surface area contributed by atoms with Crippen LogP contribution in [0.3, 0.4) is 0 Å². The summed E-state index contributed by atoms with van der Waals surface area (Å²) < 4.78 is 91.0. The summed E-state index contributed by atoms with van der Waals surface area (Å²) in [6.45, 7) is 4.58. The predicted molar refractivity (Wildman–Crippen MR) is 336 cm³/mol. The Bertz CT molecular complexity index is 3870. The summed E-state index contributed by atoms with van der Waals surface area (Å²) in [5, 5.41) is 0. The molecular weight excluding hydrogens is 1220 g/mol. The normalized spacial score (nSPS) is 25.4. The van der Waals surface area contributed by atoms with E-state index in [1.807, 2.05) is 0 Å². The van der Waals surface area contributed by atoms with Crippen molar-refractivity contribution in [1.29, 1.82) is 0 Å². The van der Waals surface area contributed by atoms with Gasteiger partial charge < -0.3 is 66.3 Å². The second kappa shape index (κ2) is 30.9. The molecule has 3 heterocycles. The lowest BCUT2D eigenvalue weighted by molar-refractivity contribution is -0.369. The number of ether oxygens (including phenoxy) is 14. The molecule has 8 aromatic rings. The molecule has 0 aliphatic carbocycles. The first kappa shape index (κ1) is 65.9. The van der Waals surface area contributed by atoms with E-state index in [2.05, 4.69) is 0 Å². The minimum atomic E-state index is -1.97. The van der Waals surface area contributed by atoms with E-state index in [1.54, 1.807) is 159 Å². The van der Waals surface area contributed by atoms with Crippen LogP contribution in [0.25, 0.3) is 0 Å². The predicted octanol–water partition coefficient (Wildman–Crippen LogP) is 10.7. The zero-order chi connectivity index (χ0) is 66.4. The van der Waals surface area contributed by atoms with Crippen LogP contribution in [0.1, 0.15) is 93.3 Å². The average Bonchev–Trinajstić information content (AvgIpc) is 0.768. The summed E-state index contributed by atoms with van der Waals surface area (Å²) in [4.78, 5) is 102. The third-order valence-electron chi connectivity index (χ3n) is 15.8. The van der Waals surface area contributed by atoms with Gasteiger partial charge in [0.1, 0.15) is 23.7 Å². The van der Waals surface area contributed by atoms with Gasteiger partial charge in [0.25, 0.3) is 0 Å². The number of methoxy groups -OCH3 is 1. The third-order valence-corrected chi connectivity index (χ3v) is 15.8. The van der Waals surface area contributed by atoms with E-state index in [0.29, 0.717) is 5.75 Å². The molecule has 0 bridgehead atoms. The lowest BCUT2D eigenvalue weighted by Crippen LogP contribution is -2.68. The molecule has 3 aliphatic heterocycles. The lowest BCUT2D eigenvalue weighted by Gasteiger charge is -2.50. The van der Waals surface area contributed by atoms with Crippen LogP contribution < -0.4 is 9.47 Å². The SMILES string of the molecule is COc1ccc(O[C@H]2O[C@H](C)[C@@H](OC(=O)c3ccccc3)[C@H](O[C@H]3O[C@H](C)[C@@H](OC(=O)c4ccccc4)[C@H](O[C@H]4O[C@H](C)[C@@H](OC(=O)c5ccccc5)[C@H](OC(=O)c5ccccc5)[C@@H]4OC(=O)c4ccccc4)[C@@H]3OC(=O)c3ccccc3)[C@@H]2OC(=O)c2ccccc2)cc1. The van der Waals surface area contributed by atoms with Crippen molar-refractivity contribution in [1.82, 2.24) is 0 Å². The fraction of sp³-hybridized carbons (Fsp3) is 0.257. The van der Waals surface area contributed by atoms with Crippen LogP contribution in [0.4, 0.5) is 0 Å². The molecule has 0 unspecified atom stereocenters. The van der Waals surface area contributed by atoms with E-state index in [1.165, 1.54) is 106 Å². The molecule has 3 aliphatic rings. The van der Waals surface area contributed by atoms with E-state index in [4.69, 9.17) is 66.3 Å². The molecule has 11 rings (SSSR count). The van der Waals surface area contributed by atoms with Crippen LogP contribution in [0.2, 0.25) is 0 Å². The molecule has 0 amide bonds. The van der Waals surface area contributed by atoms with Crippen LogP contribution in [-0.4, -0.2) is 141 Å².